The van der Waals surface area contributed by atoms with Crippen molar-refractivity contribution in [3.63, 3.8) is 0 Å². The number of carbonyl (C=O) groups is 1. The van der Waals surface area contributed by atoms with Gasteiger partial charge in [0.25, 0.3) is 0 Å². The van der Waals surface area contributed by atoms with Crippen LogP contribution in [0.3, 0.4) is 0 Å². The molecule has 3 aromatic rings. The van der Waals surface area contributed by atoms with Crippen LogP contribution in [0.4, 0.5) is 0 Å². The van der Waals surface area contributed by atoms with Gasteiger partial charge in [-0.1, -0.05) is 6.92 Å². The van der Waals surface area contributed by atoms with Gasteiger partial charge in [0, 0.05) is 48.8 Å². The van der Waals surface area contributed by atoms with Crippen LogP contribution in [0.25, 0.3) is 22.0 Å². The molecule has 0 spiro atoms. The van der Waals surface area contributed by atoms with Crippen molar-refractivity contribution in [3.05, 3.63) is 46.7 Å². The average Bonchev–Trinajstić information content (AvgIpc) is 3.27. The number of nitrogens with zero attached hydrogens (tertiary/aromatic N) is 3. The smallest absolute Gasteiger partial charge is 0.337 e. The summed E-state index contributed by atoms with van der Waals surface area (Å²) < 4.78 is 7.16. The van der Waals surface area contributed by atoms with Crippen LogP contribution in [0.1, 0.15) is 35.1 Å². The molecule has 0 aliphatic heterocycles. The van der Waals surface area contributed by atoms with E-state index in [2.05, 4.69) is 11.9 Å². The minimum Gasteiger partial charge on any atom is -0.478 e. The molecule has 0 aliphatic carbocycles. The van der Waals surface area contributed by atoms with Gasteiger partial charge in [0.2, 0.25) is 0 Å². The lowest BCUT2D eigenvalue weighted by Crippen LogP contribution is -2.06. The highest BCUT2D eigenvalue weighted by molar-refractivity contribution is 7.13. The molecule has 0 atom stereocenters. The first-order valence-electron chi connectivity index (χ1n) is 8.88. The van der Waals surface area contributed by atoms with Crippen LogP contribution in [0.2, 0.25) is 0 Å². The van der Waals surface area contributed by atoms with Gasteiger partial charge in [-0.05, 0) is 38.0 Å². The maximum Gasteiger partial charge on any atom is 0.337 e. The van der Waals surface area contributed by atoms with Crippen molar-refractivity contribution < 1.29 is 14.6 Å². The lowest BCUT2D eigenvalue weighted by Gasteiger charge is -2.10. The molecule has 0 aromatic carbocycles. The maximum absolute atomic E-state index is 11.6. The number of hydrogen-bond donors (Lipinski definition) is 1. The van der Waals surface area contributed by atoms with Crippen LogP contribution >= 0.6 is 11.3 Å². The first-order valence-corrected chi connectivity index (χ1v) is 9.76. The number of carboxylic acid groups (broad SMARTS) is 1. The van der Waals surface area contributed by atoms with Gasteiger partial charge in [-0.25, -0.2) is 9.78 Å². The molecule has 0 amide bonds. The summed E-state index contributed by atoms with van der Waals surface area (Å²) in [5.74, 6) is -0.920. The van der Waals surface area contributed by atoms with Gasteiger partial charge in [0.05, 0.1) is 17.0 Å². The minimum atomic E-state index is -0.920. The molecule has 0 aliphatic rings. The summed E-state index contributed by atoms with van der Waals surface area (Å²) in [5.41, 5.74) is 4.72. The van der Waals surface area contributed by atoms with Gasteiger partial charge >= 0.3 is 5.97 Å². The number of carboxylic acids is 1. The second-order valence-corrected chi connectivity index (χ2v) is 7.12. The summed E-state index contributed by atoms with van der Waals surface area (Å²) in [6, 6.07) is 5.72. The number of ether oxygens (including phenoxy) is 1. The summed E-state index contributed by atoms with van der Waals surface area (Å²) in [6.45, 7) is 5.22. The molecule has 0 bridgehead atoms. The van der Waals surface area contributed by atoms with Crippen molar-refractivity contribution in [1.29, 1.82) is 0 Å². The van der Waals surface area contributed by atoms with Crippen molar-refractivity contribution in [2.45, 2.75) is 33.2 Å². The van der Waals surface area contributed by atoms with Gasteiger partial charge in [0.15, 0.2) is 0 Å². The Morgan fingerprint density at radius 1 is 1.37 bits per heavy atom. The van der Waals surface area contributed by atoms with E-state index in [0.717, 1.165) is 46.2 Å². The van der Waals surface area contributed by atoms with E-state index in [1.807, 2.05) is 29.0 Å². The van der Waals surface area contributed by atoms with Crippen molar-refractivity contribution in [2.24, 2.45) is 0 Å². The van der Waals surface area contributed by atoms with E-state index < -0.39 is 5.97 Å². The molecule has 142 valence electrons. The Hall–Kier alpha value is -2.51. The zero-order valence-corrected chi connectivity index (χ0v) is 16.5. The van der Waals surface area contributed by atoms with E-state index >= 15 is 0 Å². The Balaban J connectivity index is 1.99. The van der Waals surface area contributed by atoms with E-state index in [9.17, 15) is 9.90 Å². The second-order valence-electron chi connectivity index (χ2n) is 6.26. The van der Waals surface area contributed by atoms with Crippen LogP contribution in [0.5, 0.6) is 0 Å². The fourth-order valence-corrected chi connectivity index (χ4v) is 3.87. The van der Waals surface area contributed by atoms with Gasteiger partial charge in [-0.15, -0.1) is 11.3 Å². The monoisotopic (exact) mass is 385 g/mol. The molecule has 0 saturated heterocycles. The number of aromatic nitrogens is 3. The molecule has 1 N–H and O–H groups in total. The molecular weight excluding hydrogens is 362 g/mol. The molecule has 6 nitrogen and oxygen atoms in total. The second kappa shape index (κ2) is 8.45. The van der Waals surface area contributed by atoms with E-state index in [1.54, 1.807) is 30.7 Å². The van der Waals surface area contributed by atoms with E-state index in [0.29, 0.717) is 18.7 Å². The molecule has 0 fully saturated rings. The third-order valence-electron chi connectivity index (χ3n) is 4.52. The fraction of sp³-hybridized carbons (Fsp3) is 0.350. The van der Waals surface area contributed by atoms with Gasteiger partial charge in [-0.3, -0.25) is 4.98 Å². The van der Waals surface area contributed by atoms with Crippen LogP contribution in [0.15, 0.2) is 29.8 Å². The molecule has 0 radical (unpaired) electrons. The molecule has 0 unspecified atom stereocenters. The maximum atomic E-state index is 11.6. The topological polar surface area (TPSA) is 77.2 Å². The normalized spacial score (nSPS) is 11.1. The van der Waals surface area contributed by atoms with Crippen molar-refractivity contribution in [1.82, 2.24) is 14.5 Å². The van der Waals surface area contributed by atoms with Crippen LogP contribution in [-0.4, -0.2) is 39.3 Å². The Morgan fingerprint density at radius 2 is 2.19 bits per heavy atom. The fourth-order valence-electron chi connectivity index (χ4n) is 3.06. The number of thiazole rings is 1. The lowest BCUT2D eigenvalue weighted by molar-refractivity contribution is 0.0696. The molecule has 3 aromatic heterocycles. The van der Waals surface area contributed by atoms with Crippen molar-refractivity contribution in [3.8, 4) is 22.0 Å². The number of methoxy groups -OCH3 is 1. The number of aromatic carboxylic acids is 1. The Kier molecular flexibility index (Phi) is 6.03. The molecular formula is C20H23N3O3S. The van der Waals surface area contributed by atoms with E-state index in [4.69, 9.17) is 9.72 Å². The number of aryl methyl sites for hydroxylation is 1. The number of hydrogen-bond acceptors (Lipinski definition) is 5. The summed E-state index contributed by atoms with van der Waals surface area (Å²) in [4.78, 5) is 20.7. The SMILES string of the molecule is CCc1cc(-c2nc(-c3cc(C(=O)O)c(C)n3CCCOC)cs2)ccn1. The van der Waals surface area contributed by atoms with E-state index in [1.165, 1.54) is 0 Å². The Labute approximate surface area is 162 Å². The number of rotatable bonds is 8. The first-order chi connectivity index (χ1) is 13.0. The molecule has 27 heavy (non-hydrogen) atoms. The summed E-state index contributed by atoms with van der Waals surface area (Å²) in [7, 11) is 1.66. The Bertz CT molecular complexity index is 946. The first kappa shape index (κ1) is 19.3. The van der Waals surface area contributed by atoms with Crippen molar-refractivity contribution >= 4 is 17.3 Å². The highest BCUT2D eigenvalue weighted by atomic mass is 32.1. The molecule has 0 saturated carbocycles. The zero-order chi connectivity index (χ0) is 19.4. The number of pyridine rings is 1. The predicted octanol–water partition coefficient (Wildman–Crippen LogP) is 4.28. The standard InChI is InChI=1S/C20H23N3O3S/c1-4-15-10-14(6-7-21-15)19-22-17(12-27-19)18-11-16(20(24)25)13(2)23(18)8-5-9-26-3/h6-7,10-12H,4-5,8-9H2,1-3H3,(H,24,25). The third kappa shape index (κ3) is 4.09. The van der Waals surface area contributed by atoms with Crippen LogP contribution in [-0.2, 0) is 17.7 Å². The third-order valence-corrected chi connectivity index (χ3v) is 5.41. The Morgan fingerprint density at radius 3 is 2.89 bits per heavy atom. The van der Waals surface area contributed by atoms with Gasteiger partial charge in [0.1, 0.15) is 5.01 Å². The van der Waals surface area contributed by atoms with Gasteiger partial charge in [-0.2, -0.15) is 0 Å². The van der Waals surface area contributed by atoms with E-state index in [-0.39, 0.29) is 0 Å². The quantitative estimate of drug-likeness (QED) is 0.586. The average molecular weight is 385 g/mol. The molecule has 7 heteroatoms. The highest BCUT2D eigenvalue weighted by Gasteiger charge is 2.19. The zero-order valence-electron chi connectivity index (χ0n) is 15.7. The summed E-state index contributed by atoms with van der Waals surface area (Å²) >= 11 is 1.55. The summed E-state index contributed by atoms with van der Waals surface area (Å²) in [5, 5.41) is 12.4. The van der Waals surface area contributed by atoms with Gasteiger partial charge < -0.3 is 14.4 Å². The minimum absolute atomic E-state index is 0.314. The molecule has 3 heterocycles. The van der Waals surface area contributed by atoms with Crippen LogP contribution in [0, 0.1) is 6.92 Å². The van der Waals surface area contributed by atoms with Crippen LogP contribution < -0.4 is 0 Å². The molecule has 3 rings (SSSR count). The van der Waals surface area contributed by atoms with Crippen molar-refractivity contribution in [2.75, 3.05) is 13.7 Å². The lowest BCUT2D eigenvalue weighted by atomic mass is 10.2. The summed E-state index contributed by atoms with van der Waals surface area (Å²) in [6.07, 6.45) is 3.48. The predicted molar refractivity (Wildman–Crippen MR) is 106 cm³/mol. The highest BCUT2D eigenvalue weighted by Crippen LogP contribution is 2.31. The largest absolute Gasteiger partial charge is 0.478 e.